The largest absolute Gasteiger partial charge is 0.326 e. The number of hydrogen-bond acceptors (Lipinski definition) is 3. The van der Waals surface area contributed by atoms with Crippen LogP contribution in [-0.4, -0.2) is 20.9 Å². The summed E-state index contributed by atoms with van der Waals surface area (Å²) in [7, 11) is -3.65. The molecule has 26 heavy (non-hydrogen) atoms. The topological polar surface area (TPSA) is 66.5 Å². The van der Waals surface area contributed by atoms with Gasteiger partial charge in [-0.3, -0.25) is 9.10 Å². The van der Waals surface area contributed by atoms with Crippen LogP contribution in [-0.2, 0) is 14.8 Å². The fraction of sp³-hybridized carbons (Fsp3) is 0.350. The summed E-state index contributed by atoms with van der Waals surface area (Å²) in [5, 5.41) is 2.81. The predicted molar refractivity (Wildman–Crippen MR) is 106 cm³/mol. The quantitative estimate of drug-likeness (QED) is 0.661. The smallest absolute Gasteiger partial charge is 0.264 e. The maximum atomic E-state index is 12.9. The van der Waals surface area contributed by atoms with E-state index in [-0.39, 0.29) is 10.8 Å². The third kappa shape index (κ3) is 5.08. The van der Waals surface area contributed by atoms with E-state index in [0.29, 0.717) is 24.3 Å². The van der Waals surface area contributed by atoms with Crippen LogP contribution in [0, 0.1) is 0 Å². The summed E-state index contributed by atoms with van der Waals surface area (Å²) in [4.78, 5) is 12.1. The molecular formula is C20H26N2O3S. The molecule has 0 aromatic heterocycles. The number of para-hydroxylation sites is 1. The van der Waals surface area contributed by atoms with Gasteiger partial charge in [0.2, 0.25) is 5.91 Å². The lowest BCUT2D eigenvalue weighted by Gasteiger charge is -2.23. The van der Waals surface area contributed by atoms with Gasteiger partial charge >= 0.3 is 0 Å². The summed E-state index contributed by atoms with van der Waals surface area (Å²) >= 11 is 0. The van der Waals surface area contributed by atoms with E-state index in [2.05, 4.69) is 12.2 Å². The maximum Gasteiger partial charge on any atom is 0.264 e. The molecule has 0 saturated heterocycles. The van der Waals surface area contributed by atoms with E-state index in [0.717, 1.165) is 19.3 Å². The molecule has 140 valence electrons. The molecule has 2 rings (SSSR count). The fourth-order valence-electron chi connectivity index (χ4n) is 2.68. The first-order chi connectivity index (χ1) is 12.5. The molecule has 6 heteroatoms. The van der Waals surface area contributed by atoms with E-state index < -0.39 is 10.0 Å². The van der Waals surface area contributed by atoms with Crippen LogP contribution in [0.2, 0.25) is 0 Å². The van der Waals surface area contributed by atoms with Gasteiger partial charge in [-0.05, 0) is 49.7 Å². The number of benzene rings is 2. The van der Waals surface area contributed by atoms with Gasteiger partial charge in [-0.2, -0.15) is 0 Å². The van der Waals surface area contributed by atoms with Crippen molar-refractivity contribution in [2.45, 2.75) is 44.4 Å². The van der Waals surface area contributed by atoms with E-state index in [4.69, 9.17) is 0 Å². The third-order valence-electron chi connectivity index (χ3n) is 4.06. The lowest BCUT2D eigenvalue weighted by molar-refractivity contribution is -0.116. The molecule has 2 aromatic carbocycles. The lowest BCUT2D eigenvalue weighted by atomic mass is 10.2. The standard InChI is InChI=1S/C20H26N2O3S/c1-3-5-7-12-20(23)21-17-13-15-19(16-14-17)26(24,25)22(4-2)18-10-8-6-9-11-18/h6,8-11,13-16H,3-5,7,12H2,1-2H3,(H,21,23). The zero-order valence-electron chi connectivity index (χ0n) is 15.3. The zero-order chi connectivity index (χ0) is 19.0. The molecule has 0 saturated carbocycles. The maximum absolute atomic E-state index is 12.9. The van der Waals surface area contributed by atoms with Gasteiger partial charge in [0, 0.05) is 18.7 Å². The van der Waals surface area contributed by atoms with E-state index >= 15 is 0 Å². The minimum atomic E-state index is -3.65. The van der Waals surface area contributed by atoms with Crippen LogP contribution < -0.4 is 9.62 Å². The van der Waals surface area contributed by atoms with Crippen molar-refractivity contribution >= 4 is 27.3 Å². The molecule has 0 heterocycles. The Hall–Kier alpha value is -2.34. The van der Waals surface area contributed by atoms with Crippen molar-refractivity contribution in [3.05, 3.63) is 54.6 Å². The van der Waals surface area contributed by atoms with Crippen molar-refractivity contribution in [3.8, 4) is 0 Å². The Kier molecular flexibility index (Phi) is 7.21. The van der Waals surface area contributed by atoms with Gasteiger partial charge in [-0.25, -0.2) is 8.42 Å². The molecule has 0 bridgehead atoms. The summed E-state index contributed by atoms with van der Waals surface area (Å²) in [6.45, 7) is 4.23. The van der Waals surface area contributed by atoms with Gasteiger partial charge in [0.1, 0.15) is 0 Å². The second kappa shape index (κ2) is 9.38. The van der Waals surface area contributed by atoms with E-state index in [1.807, 2.05) is 18.2 Å². The summed E-state index contributed by atoms with van der Waals surface area (Å²) in [5.41, 5.74) is 1.23. The van der Waals surface area contributed by atoms with E-state index in [9.17, 15) is 13.2 Å². The number of unbranched alkanes of at least 4 members (excludes halogenated alkanes) is 2. The van der Waals surface area contributed by atoms with Crippen molar-refractivity contribution in [2.75, 3.05) is 16.2 Å². The molecule has 0 atom stereocenters. The number of nitrogens with one attached hydrogen (secondary N) is 1. The Bertz CT molecular complexity index is 803. The molecule has 0 fully saturated rings. The van der Waals surface area contributed by atoms with Gasteiger partial charge < -0.3 is 5.32 Å². The number of rotatable bonds is 9. The minimum absolute atomic E-state index is 0.0477. The number of nitrogens with zero attached hydrogens (tertiary/aromatic N) is 1. The highest BCUT2D eigenvalue weighted by Crippen LogP contribution is 2.24. The second-order valence-corrected chi connectivity index (χ2v) is 7.90. The number of anilines is 2. The monoisotopic (exact) mass is 374 g/mol. The SMILES string of the molecule is CCCCCC(=O)Nc1ccc(S(=O)(=O)N(CC)c2ccccc2)cc1. The van der Waals surface area contributed by atoms with Crippen LogP contribution in [0.5, 0.6) is 0 Å². The molecule has 2 aromatic rings. The van der Waals surface area contributed by atoms with Gasteiger partial charge in [-0.15, -0.1) is 0 Å². The van der Waals surface area contributed by atoms with Crippen LogP contribution in [0.15, 0.2) is 59.5 Å². The number of carbonyl (C=O) groups is 1. The van der Waals surface area contributed by atoms with Crippen LogP contribution in [0.4, 0.5) is 11.4 Å². The van der Waals surface area contributed by atoms with Crippen LogP contribution >= 0.6 is 0 Å². The Morgan fingerprint density at radius 3 is 2.19 bits per heavy atom. The highest BCUT2D eigenvalue weighted by molar-refractivity contribution is 7.92. The predicted octanol–water partition coefficient (Wildman–Crippen LogP) is 4.42. The van der Waals surface area contributed by atoms with Crippen molar-refractivity contribution in [1.82, 2.24) is 0 Å². The molecule has 0 unspecified atom stereocenters. The van der Waals surface area contributed by atoms with Gasteiger partial charge in [0.15, 0.2) is 0 Å². The van der Waals surface area contributed by atoms with Crippen LogP contribution in [0.1, 0.15) is 39.5 Å². The average Bonchev–Trinajstić information content (AvgIpc) is 2.63. The van der Waals surface area contributed by atoms with Gasteiger partial charge in [0.25, 0.3) is 10.0 Å². The number of sulfonamides is 1. The minimum Gasteiger partial charge on any atom is -0.326 e. The third-order valence-corrected chi connectivity index (χ3v) is 5.98. The Morgan fingerprint density at radius 2 is 1.62 bits per heavy atom. The normalized spacial score (nSPS) is 11.2. The first-order valence-corrected chi connectivity index (χ1v) is 10.4. The molecular weight excluding hydrogens is 348 g/mol. The van der Waals surface area contributed by atoms with Gasteiger partial charge in [0.05, 0.1) is 10.6 Å². The molecule has 0 aliphatic rings. The molecule has 1 N–H and O–H groups in total. The molecule has 0 aliphatic heterocycles. The Morgan fingerprint density at radius 1 is 0.962 bits per heavy atom. The van der Waals surface area contributed by atoms with Crippen molar-refractivity contribution in [2.24, 2.45) is 0 Å². The zero-order valence-corrected chi connectivity index (χ0v) is 16.1. The summed E-state index contributed by atoms with van der Waals surface area (Å²) < 4.78 is 27.2. The van der Waals surface area contributed by atoms with Crippen LogP contribution in [0.25, 0.3) is 0 Å². The van der Waals surface area contributed by atoms with E-state index in [1.165, 1.54) is 16.4 Å². The lowest BCUT2D eigenvalue weighted by Crippen LogP contribution is -2.30. The van der Waals surface area contributed by atoms with Crippen molar-refractivity contribution < 1.29 is 13.2 Å². The molecule has 0 aliphatic carbocycles. The Balaban J connectivity index is 2.12. The van der Waals surface area contributed by atoms with Crippen LogP contribution in [0.3, 0.4) is 0 Å². The first kappa shape index (κ1) is 20.0. The highest BCUT2D eigenvalue weighted by Gasteiger charge is 2.23. The number of carbonyl (C=O) groups excluding carboxylic acids is 1. The van der Waals surface area contributed by atoms with Crippen molar-refractivity contribution in [1.29, 1.82) is 0 Å². The highest BCUT2D eigenvalue weighted by atomic mass is 32.2. The Labute approximate surface area is 156 Å². The molecule has 0 radical (unpaired) electrons. The molecule has 0 spiro atoms. The number of hydrogen-bond donors (Lipinski definition) is 1. The van der Waals surface area contributed by atoms with Crippen molar-refractivity contribution in [3.63, 3.8) is 0 Å². The van der Waals surface area contributed by atoms with Gasteiger partial charge in [-0.1, -0.05) is 38.0 Å². The fourth-order valence-corrected chi connectivity index (χ4v) is 4.16. The summed E-state index contributed by atoms with van der Waals surface area (Å²) in [5.74, 6) is -0.0477. The summed E-state index contributed by atoms with van der Waals surface area (Å²) in [6, 6.07) is 15.3. The average molecular weight is 375 g/mol. The molecule has 1 amide bonds. The first-order valence-electron chi connectivity index (χ1n) is 8.96. The second-order valence-electron chi connectivity index (χ2n) is 6.04. The number of amides is 1. The van der Waals surface area contributed by atoms with E-state index in [1.54, 1.807) is 31.2 Å². The summed E-state index contributed by atoms with van der Waals surface area (Å²) in [6.07, 6.45) is 3.43. The molecule has 5 nitrogen and oxygen atoms in total.